The molecular weight excluding hydrogens is 384 g/mol. The largest absolute Gasteiger partial charge is 0.457 e. The highest BCUT2D eigenvalue weighted by Gasteiger charge is 2.23. The molecule has 0 heterocycles. The third-order valence-corrected chi connectivity index (χ3v) is 4.66. The maximum absolute atomic E-state index is 12.7. The molecule has 3 aromatic carbocycles. The van der Waals surface area contributed by atoms with Crippen LogP contribution in [0.3, 0.4) is 0 Å². The number of para-hydroxylation sites is 1. The number of nitrogens with zero attached hydrogens (tertiary/aromatic N) is 1. The smallest absolute Gasteiger partial charge is 0.247 e. The number of hydrogen-bond donors (Lipinski definition) is 1. The van der Waals surface area contributed by atoms with Crippen molar-refractivity contribution in [3.63, 3.8) is 0 Å². The fourth-order valence-electron chi connectivity index (χ4n) is 3.03. The van der Waals surface area contributed by atoms with E-state index in [2.05, 4.69) is 10.5 Å². The molecular formula is C24H23ClN2O2. The van der Waals surface area contributed by atoms with Crippen molar-refractivity contribution in [3.05, 3.63) is 95.0 Å². The van der Waals surface area contributed by atoms with Gasteiger partial charge in [0.15, 0.2) is 0 Å². The van der Waals surface area contributed by atoms with E-state index < -0.39 is 0 Å². The maximum atomic E-state index is 12.7. The quantitative estimate of drug-likeness (QED) is 0.385. The molecule has 0 aliphatic heterocycles. The Balaban J connectivity index is 1.66. The first-order valence-corrected chi connectivity index (χ1v) is 9.82. The van der Waals surface area contributed by atoms with E-state index in [1.165, 1.54) is 0 Å². The van der Waals surface area contributed by atoms with Gasteiger partial charge in [0.25, 0.3) is 0 Å². The van der Waals surface area contributed by atoms with E-state index >= 15 is 0 Å². The molecule has 1 N–H and O–H groups in total. The molecule has 0 aliphatic rings. The predicted octanol–water partition coefficient (Wildman–Crippen LogP) is 6.02. The summed E-state index contributed by atoms with van der Waals surface area (Å²) in [6.07, 6.45) is 1.61. The topological polar surface area (TPSA) is 50.7 Å². The molecule has 0 radical (unpaired) electrons. The number of halogens is 1. The average Bonchev–Trinajstić information content (AvgIpc) is 2.70. The normalized spacial score (nSPS) is 12.1. The van der Waals surface area contributed by atoms with Crippen LogP contribution in [0.4, 0.5) is 0 Å². The van der Waals surface area contributed by atoms with Crippen LogP contribution in [0.2, 0.25) is 5.02 Å². The van der Waals surface area contributed by atoms with Crippen LogP contribution in [0.15, 0.2) is 84.0 Å². The standard InChI is InChI=1S/C24H23ClN2O2/c1-17(2)23(19-11-13-20(25)14-12-19)24(28)27-26-16-18-7-6-10-22(15-18)29-21-8-4-3-5-9-21/h3-17,23H,1-2H3,(H,27,28)/b26-16+. The minimum atomic E-state index is -0.308. The SMILES string of the molecule is CC(C)C(C(=O)N/N=C/c1cccc(Oc2ccccc2)c1)c1ccc(Cl)cc1. The number of hydrazone groups is 1. The van der Waals surface area contributed by atoms with Crippen LogP contribution in [-0.4, -0.2) is 12.1 Å². The zero-order valence-electron chi connectivity index (χ0n) is 16.4. The molecule has 0 bridgehead atoms. The summed E-state index contributed by atoms with van der Waals surface area (Å²) >= 11 is 5.96. The molecule has 3 rings (SSSR count). The number of amides is 1. The van der Waals surface area contributed by atoms with Crippen molar-refractivity contribution in [1.82, 2.24) is 5.43 Å². The van der Waals surface area contributed by atoms with Gasteiger partial charge < -0.3 is 4.74 Å². The van der Waals surface area contributed by atoms with Crippen LogP contribution in [0.1, 0.15) is 30.9 Å². The van der Waals surface area contributed by atoms with Gasteiger partial charge in [-0.25, -0.2) is 5.43 Å². The lowest BCUT2D eigenvalue weighted by Crippen LogP contribution is -2.28. The monoisotopic (exact) mass is 406 g/mol. The Morgan fingerprint density at radius 3 is 2.34 bits per heavy atom. The van der Waals surface area contributed by atoms with E-state index in [1.807, 2.05) is 80.6 Å². The summed E-state index contributed by atoms with van der Waals surface area (Å²) in [5.41, 5.74) is 4.39. The van der Waals surface area contributed by atoms with Gasteiger partial charge in [0.05, 0.1) is 12.1 Å². The lowest BCUT2D eigenvalue weighted by molar-refractivity contribution is -0.123. The van der Waals surface area contributed by atoms with Crippen molar-refractivity contribution in [3.8, 4) is 11.5 Å². The molecule has 0 saturated carbocycles. The minimum Gasteiger partial charge on any atom is -0.457 e. The van der Waals surface area contributed by atoms with Crippen molar-refractivity contribution in [2.45, 2.75) is 19.8 Å². The molecule has 3 aromatic rings. The summed E-state index contributed by atoms with van der Waals surface area (Å²) in [7, 11) is 0. The molecule has 0 aromatic heterocycles. The summed E-state index contributed by atoms with van der Waals surface area (Å²) < 4.78 is 5.82. The van der Waals surface area contributed by atoms with Gasteiger partial charge in [-0.2, -0.15) is 5.10 Å². The van der Waals surface area contributed by atoms with Gasteiger partial charge in [-0.15, -0.1) is 0 Å². The third kappa shape index (κ3) is 5.93. The van der Waals surface area contributed by atoms with E-state index in [-0.39, 0.29) is 17.7 Å². The van der Waals surface area contributed by atoms with Crippen LogP contribution < -0.4 is 10.2 Å². The Kier molecular flexibility index (Phi) is 7.04. The number of ether oxygens (including phenoxy) is 1. The Morgan fingerprint density at radius 2 is 1.66 bits per heavy atom. The van der Waals surface area contributed by atoms with Crippen molar-refractivity contribution in [2.24, 2.45) is 11.0 Å². The van der Waals surface area contributed by atoms with Crippen molar-refractivity contribution in [1.29, 1.82) is 0 Å². The highest BCUT2D eigenvalue weighted by Crippen LogP contribution is 2.26. The van der Waals surface area contributed by atoms with Crippen molar-refractivity contribution in [2.75, 3.05) is 0 Å². The Labute approximate surface area is 176 Å². The highest BCUT2D eigenvalue weighted by atomic mass is 35.5. The molecule has 5 heteroatoms. The minimum absolute atomic E-state index is 0.119. The van der Waals surface area contributed by atoms with Crippen LogP contribution in [0.5, 0.6) is 11.5 Å². The zero-order valence-corrected chi connectivity index (χ0v) is 17.1. The fraction of sp³-hybridized carbons (Fsp3) is 0.167. The van der Waals surface area contributed by atoms with Gasteiger partial charge in [0, 0.05) is 5.02 Å². The van der Waals surface area contributed by atoms with Crippen LogP contribution in [-0.2, 0) is 4.79 Å². The lowest BCUT2D eigenvalue weighted by atomic mass is 9.88. The molecule has 0 aliphatic carbocycles. The number of nitrogens with one attached hydrogen (secondary N) is 1. The van der Waals surface area contributed by atoms with Crippen LogP contribution in [0, 0.1) is 5.92 Å². The van der Waals surface area contributed by atoms with Gasteiger partial charge in [-0.05, 0) is 53.4 Å². The third-order valence-electron chi connectivity index (χ3n) is 4.40. The number of rotatable bonds is 7. The Morgan fingerprint density at radius 1 is 0.966 bits per heavy atom. The first kappa shape index (κ1) is 20.6. The van der Waals surface area contributed by atoms with E-state index in [0.29, 0.717) is 10.8 Å². The fourth-order valence-corrected chi connectivity index (χ4v) is 3.16. The highest BCUT2D eigenvalue weighted by molar-refractivity contribution is 6.30. The van der Waals surface area contributed by atoms with Crippen LogP contribution in [0.25, 0.3) is 0 Å². The van der Waals surface area contributed by atoms with Crippen molar-refractivity contribution >= 4 is 23.7 Å². The van der Waals surface area contributed by atoms with E-state index in [9.17, 15) is 4.79 Å². The molecule has 1 atom stereocenters. The molecule has 0 saturated heterocycles. The molecule has 148 valence electrons. The van der Waals surface area contributed by atoms with Crippen molar-refractivity contribution < 1.29 is 9.53 Å². The first-order chi connectivity index (χ1) is 14.0. The molecule has 1 amide bonds. The van der Waals surface area contributed by atoms with Gasteiger partial charge in [-0.1, -0.05) is 67.9 Å². The summed E-state index contributed by atoms with van der Waals surface area (Å²) in [5, 5.41) is 4.78. The number of carbonyl (C=O) groups is 1. The summed E-state index contributed by atoms with van der Waals surface area (Å²) in [4.78, 5) is 12.7. The zero-order chi connectivity index (χ0) is 20.6. The van der Waals surface area contributed by atoms with Gasteiger partial charge in [0.2, 0.25) is 5.91 Å². The summed E-state index contributed by atoms with van der Waals surface area (Å²) in [6, 6.07) is 24.4. The Bertz CT molecular complexity index is 970. The summed E-state index contributed by atoms with van der Waals surface area (Å²) in [5.74, 6) is 1.12. The maximum Gasteiger partial charge on any atom is 0.247 e. The predicted molar refractivity (Wildman–Crippen MR) is 118 cm³/mol. The second-order valence-corrected chi connectivity index (χ2v) is 7.43. The molecule has 4 nitrogen and oxygen atoms in total. The number of hydrogen-bond acceptors (Lipinski definition) is 3. The Hall–Kier alpha value is -3.11. The second kappa shape index (κ2) is 9.89. The molecule has 29 heavy (non-hydrogen) atoms. The molecule has 1 unspecified atom stereocenters. The lowest BCUT2D eigenvalue weighted by Gasteiger charge is -2.19. The first-order valence-electron chi connectivity index (χ1n) is 9.44. The summed E-state index contributed by atoms with van der Waals surface area (Å²) in [6.45, 7) is 4.01. The molecule has 0 spiro atoms. The molecule has 0 fully saturated rings. The van der Waals surface area contributed by atoms with E-state index in [1.54, 1.807) is 18.3 Å². The van der Waals surface area contributed by atoms with E-state index in [4.69, 9.17) is 16.3 Å². The van der Waals surface area contributed by atoms with Gasteiger partial charge in [-0.3, -0.25) is 4.79 Å². The second-order valence-electron chi connectivity index (χ2n) is 7.00. The van der Waals surface area contributed by atoms with E-state index in [0.717, 1.165) is 16.9 Å². The number of benzene rings is 3. The average molecular weight is 407 g/mol. The number of carbonyl (C=O) groups excluding carboxylic acids is 1. The van der Waals surface area contributed by atoms with Gasteiger partial charge in [0.1, 0.15) is 11.5 Å². The van der Waals surface area contributed by atoms with Crippen LogP contribution >= 0.6 is 11.6 Å². The van der Waals surface area contributed by atoms with Gasteiger partial charge >= 0.3 is 0 Å².